The molecule has 24 heavy (non-hydrogen) atoms. The van der Waals surface area contributed by atoms with Gasteiger partial charge in [0.15, 0.2) is 0 Å². The second kappa shape index (κ2) is 9.42. The molecule has 6 nitrogen and oxygen atoms in total. The number of carbonyl (C=O) groups excluding carboxylic acids is 1. The minimum Gasteiger partial charge on any atom is -0.338 e. The molecule has 0 unspecified atom stereocenters. The first-order chi connectivity index (χ1) is 11.4. The Labute approximate surface area is 153 Å². The summed E-state index contributed by atoms with van der Waals surface area (Å²) in [4.78, 5) is 13.8. The van der Waals surface area contributed by atoms with Gasteiger partial charge in [0.25, 0.3) is 0 Å². The van der Waals surface area contributed by atoms with Crippen LogP contribution in [0.1, 0.15) is 9.75 Å². The molecule has 0 bridgehead atoms. The first kappa shape index (κ1) is 19.3. The van der Waals surface area contributed by atoms with Crippen LogP contribution in [0, 0.1) is 0 Å². The van der Waals surface area contributed by atoms with Gasteiger partial charge in [0.1, 0.15) is 4.21 Å². The summed E-state index contributed by atoms with van der Waals surface area (Å²) in [6.07, 6.45) is 0.570. The van der Waals surface area contributed by atoms with E-state index in [2.05, 4.69) is 22.1 Å². The van der Waals surface area contributed by atoms with Gasteiger partial charge in [-0.3, -0.25) is 0 Å². The van der Waals surface area contributed by atoms with Crippen LogP contribution in [0.5, 0.6) is 0 Å². The molecule has 2 heterocycles. The summed E-state index contributed by atoms with van der Waals surface area (Å²) < 4.78 is 22.5. The zero-order chi connectivity index (χ0) is 17.4. The molecule has 0 saturated carbocycles. The van der Waals surface area contributed by atoms with E-state index < -0.39 is 10.0 Å². The molecule has 4 N–H and O–H groups in total. The van der Waals surface area contributed by atoms with Crippen molar-refractivity contribution in [2.24, 2.45) is 5.14 Å². The van der Waals surface area contributed by atoms with E-state index in [4.69, 9.17) is 5.14 Å². The molecule has 10 heteroatoms. The minimum atomic E-state index is -3.64. The maximum Gasteiger partial charge on any atom is 0.314 e. The fraction of sp³-hybridized carbons (Fsp3) is 0.357. The third-order valence-corrected chi connectivity index (χ3v) is 7.58. The lowest BCUT2D eigenvalue weighted by Gasteiger charge is -2.06. The van der Waals surface area contributed by atoms with Crippen molar-refractivity contribution in [1.29, 1.82) is 0 Å². The van der Waals surface area contributed by atoms with E-state index in [9.17, 15) is 13.2 Å². The van der Waals surface area contributed by atoms with Crippen LogP contribution >= 0.6 is 34.4 Å². The molecule has 2 amide bonds. The zero-order valence-electron chi connectivity index (χ0n) is 12.9. The Morgan fingerprint density at radius 3 is 2.62 bits per heavy atom. The van der Waals surface area contributed by atoms with E-state index in [0.717, 1.165) is 27.7 Å². The number of hydrogen-bond donors (Lipinski definition) is 3. The fourth-order valence-electron chi connectivity index (χ4n) is 1.81. The lowest BCUT2D eigenvalue weighted by atomic mass is 10.3. The van der Waals surface area contributed by atoms with Gasteiger partial charge in [0.05, 0.1) is 0 Å². The number of primary sulfonamides is 1. The lowest BCUT2D eigenvalue weighted by molar-refractivity contribution is 0.241. The first-order valence-corrected chi connectivity index (χ1v) is 11.6. The Bertz CT molecular complexity index is 741. The second-order valence-electron chi connectivity index (χ2n) is 4.83. The summed E-state index contributed by atoms with van der Waals surface area (Å²) in [6, 6.07) is 7.12. The molecule has 132 valence electrons. The predicted molar refractivity (Wildman–Crippen MR) is 101 cm³/mol. The van der Waals surface area contributed by atoms with E-state index in [1.54, 1.807) is 29.2 Å². The van der Waals surface area contributed by atoms with Gasteiger partial charge < -0.3 is 10.6 Å². The van der Waals surface area contributed by atoms with Crippen LogP contribution in [-0.2, 0) is 22.2 Å². The number of nitrogens with one attached hydrogen (secondary N) is 2. The fourth-order valence-corrected chi connectivity index (χ4v) is 5.29. The Morgan fingerprint density at radius 1 is 1.17 bits per heavy atom. The third kappa shape index (κ3) is 6.81. The van der Waals surface area contributed by atoms with Crippen molar-refractivity contribution in [3.05, 3.63) is 39.4 Å². The Balaban J connectivity index is 1.55. The van der Waals surface area contributed by atoms with Gasteiger partial charge in [-0.05, 0) is 30.0 Å². The highest BCUT2D eigenvalue weighted by molar-refractivity contribution is 7.98. The Morgan fingerprint density at radius 2 is 1.96 bits per heavy atom. The molecule has 2 rings (SSSR count). The van der Waals surface area contributed by atoms with Gasteiger partial charge in [-0.15, -0.1) is 22.7 Å². The average molecular weight is 406 g/mol. The van der Waals surface area contributed by atoms with Crippen molar-refractivity contribution in [1.82, 2.24) is 10.6 Å². The van der Waals surface area contributed by atoms with Crippen LogP contribution in [0.25, 0.3) is 0 Å². The monoisotopic (exact) mass is 405 g/mol. The highest BCUT2D eigenvalue weighted by atomic mass is 32.2. The van der Waals surface area contributed by atoms with Crippen LogP contribution < -0.4 is 15.8 Å². The number of rotatable bonds is 9. The minimum absolute atomic E-state index is 0.143. The summed E-state index contributed by atoms with van der Waals surface area (Å²) >= 11 is 4.64. The van der Waals surface area contributed by atoms with Gasteiger partial charge in [0.2, 0.25) is 10.0 Å². The number of sulfonamides is 1. The molecule has 2 aromatic heterocycles. The summed E-state index contributed by atoms with van der Waals surface area (Å²) in [5.41, 5.74) is 0. The predicted octanol–water partition coefficient (Wildman–Crippen LogP) is 2.23. The molecule has 0 aliphatic rings. The molecule has 0 radical (unpaired) electrons. The molecular formula is C14H19N3O3S4. The number of thioether (sulfide) groups is 1. The molecule has 0 atom stereocenters. The second-order valence-corrected chi connectivity index (χ2v) is 9.92. The van der Waals surface area contributed by atoms with Crippen LogP contribution in [-0.4, -0.2) is 33.3 Å². The summed E-state index contributed by atoms with van der Waals surface area (Å²) in [5.74, 6) is 1.82. The van der Waals surface area contributed by atoms with E-state index in [0.29, 0.717) is 19.5 Å². The quantitative estimate of drug-likeness (QED) is 0.557. The van der Waals surface area contributed by atoms with Crippen LogP contribution in [0.4, 0.5) is 4.79 Å². The molecule has 0 spiro atoms. The smallest absolute Gasteiger partial charge is 0.314 e. The van der Waals surface area contributed by atoms with E-state index in [-0.39, 0.29) is 10.2 Å². The van der Waals surface area contributed by atoms with E-state index in [1.807, 2.05) is 6.07 Å². The standard InChI is InChI=1S/C14H19N3O3S4/c15-24(19,20)13-4-3-11(23-13)5-6-16-14(18)17-7-9-21-10-12-2-1-8-22-12/h1-4,8H,5-7,9-10H2,(H2,15,19,20)(H2,16,17,18). The van der Waals surface area contributed by atoms with E-state index >= 15 is 0 Å². The van der Waals surface area contributed by atoms with Crippen LogP contribution in [0.15, 0.2) is 33.9 Å². The number of amides is 2. The number of hydrogen-bond acceptors (Lipinski definition) is 6. The van der Waals surface area contributed by atoms with Gasteiger partial charge in [0, 0.05) is 34.3 Å². The van der Waals surface area contributed by atoms with E-state index in [1.165, 1.54) is 10.9 Å². The molecule has 0 aliphatic heterocycles. The largest absolute Gasteiger partial charge is 0.338 e. The van der Waals surface area contributed by atoms with Gasteiger partial charge in [-0.1, -0.05) is 6.07 Å². The van der Waals surface area contributed by atoms with Crippen LogP contribution in [0.3, 0.4) is 0 Å². The van der Waals surface area contributed by atoms with Crippen molar-refractivity contribution in [2.45, 2.75) is 16.4 Å². The van der Waals surface area contributed by atoms with Crippen molar-refractivity contribution in [3.63, 3.8) is 0 Å². The highest BCUT2D eigenvalue weighted by Gasteiger charge is 2.11. The topological polar surface area (TPSA) is 101 Å². The third-order valence-electron chi connectivity index (χ3n) is 2.93. The number of nitrogens with two attached hydrogens (primary N) is 1. The molecular weight excluding hydrogens is 386 g/mol. The summed E-state index contributed by atoms with van der Waals surface area (Å²) in [5, 5.41) is 12.7. The normalized spacial score (nSPS) is 11.4. The maximum absolute atomic E-state index is 11.6. The zero-order valence-corrected chi connectivity index (χ0v) is 16.1. The van der Waals surface area contributed by atoms with Gasteiger partial charge >= 0.3 is 6.03 Å². The van der Waals surface area contributed by atoms with Crippen molar-refractivity contribution in [2.75, 3.05) is 18.8 Å². The van der Waals surface area contributed by atoms with Gasteiger partial charge in [-0.25, -0.2) is 18.4 Å². The van der Waals surface area contributed by atoms with Crippen molar-refractivity contribution < 1.29 is 13.2 Å². The summed E-state index contributed by atoms with van der Waals surface area (Å²) in [7, 11) is -3.64. The maximum atomic E-state index is 11.6. The lowest BCUT2D eigenvalue weighted by Crippen LogP contribution is -2.37. The number of carbonyl (C=O) groups is 1. The molecule has 0 fully saturated rings. The Hall–Kier alpha value is -1.07. The van der Waals surface area contributed by atoms with Crippen molar-refractivity contribution >= 4 is 50.5 Å². The molecule has 0 saturated heterocycles. The molecule has 2 aromatic rings. The molecule has 0 aromatic carbocycles. The SMILES string of the molecule is NS(=O)(=O)c1ccc(CCNC(=O)NCCSCc2cccs2)s1. The number of urea groups is 1. The molecule has 0 aliphatic carbocycles. The first-order valence-electron chi connectivity index (χ1n) is 7.18. The summed E-state index contributed by atoms with van der Waals surface area (Å²) in [6.45, 7) is 1.05. The van der Waals surface area contributed by atoms with Gasteiger partial charge in [-0.2, -0.15) is 11.8 Å². The van der Waals surface area contributed by atoms with Crippen molar-refractivity contribution in [3.8, 4) is 0 Å². The average Bonchev–Trinajstić information content (AvgIpc) is 3.17. The highest BCUT2D eigenvalue weighted by Crippen LogP contribution is 2.20. The number of thiophene rings is 2. The Kier molecular flexibility index (Phi) is 7.56. The van der Waals surface area contributed by atoms with Crippen LogP contribution in [0.2, 0.25) is 0 Å².